The summed E-state index contributed by atoms with van der Waals surface area (Å²) in [5, 5.41) is 0. The summed E-state index contributed by atoms with van der Waals surface area (Å²) in [4.78, 5) is 0. The largest absolute Gasteiger partial charge is 0.491 e. The summed E-state index contributed by atoms with van der Waals surface area (Å²) < 4.78 is 63.5. The lowest BCUT2D eigenvalue weighted by Gasteiger charge is -2.11. The average molecular weight is 491 g/mol. The summed E-state index contributed by atoms with van der Waals surface area (Å²) in [5.41, 5.74) is 3.59. The zero-order valence-corrected chi connectivity index (χ0v) is 20.1. The Hall–Kier alpha value is -3.86. The molecule has 0 saturated heterocycles. The van der Waals surface area contributed by atoms with E-state index in [-0.39, 0.29) is 29.0 Å². The lowest BCUT2D eigenvalue weighted by atomic mass is 9.96. The standard InChI is InChI=1S/C31H26F4O/c1-3-5-20-6-11-22(12-7-20)25-17-18-26(30(34)29(25)33)23-13-8-21(9-14-23)10-15-24-16-19-27(36-4-2)31(35)28(24)32/h3,5-9,11-14,16-19H,4,10,15H2,1-2H3/b5-3+. The molecular weight excluding hydrogens is 464 g/mol. The van der Waals surface area contributed by atoms with Crippen molar-refractivity contribution in [1.29, 1.82) is 0 Å². The molecule has 0 N–H and O–H groups in total. The molecule has 36 heavy (non-hydrogen) atoms. The number of halogens is 4. The number of rotatable bonds is 8. The second-order valence-electron chi connectivity index (χ2n) is 8.39. The SMILES string of the molecule is C/C=C/c1ccc(-c2ccc(-c3ccc(CCc4ccc(OCC)c(F)c4F)cc3)c(F)c2F)cc1. The molecule has 4 aromatic rings. The van der Waals surface area contributed by atoms with E-state index >= 15 is 0 Å². The first-order valence-corrected chi connectivity index (χ1v) is 11.8. The summed E-state index contributed by atoms with van der Waals surface area (Å²) >= 11 is 0. The van der Waals surface area contributed by atoms with Crippen molar-refractivity contribution in [3.05, 3.63) is 119 Å². The van der Waals surface area contributed by atoms with Gasteiger partial charge in [-0.05, 0) is 60.6 Å². The molecule has 0 aliphatic carbocycles. The van der Waals surface area contributed by atoms with Crippen molar-refractivity contribution in [2.24, 2.45) is 0 Å². The molecule has 0 atom stereocenters. The van der Waals surface area contributed by atoms with Crippen molar-refractivity contribution in [3.63, 3.8) is 0 Å². The summed E-state index contributed by atoms with van der Waals surface area (Å²) in [5.74, 6) is -3.81. The van der Waals surface area contributed by atoms with Crippen molar-refractivity contribution in [1.82, 2.24) is 0 Å². The molecule has 0 aliphatic heterocycles. The molecule has 0 unspecified atom stereocenters. The van der Waals surface area contributed by atoms with E-state index in [0.717, 1.165) is 11.1 Å². The summed E-state index contributed by atoms with van der Waals surface area (Å²) in [7, 11) is 0. The monoisotopic (exact) mass is 490 g/mol. The molecule has 1 nitrogen and oxygen atoms in total. The Balaban J connectivity index is 1.49. The predicted molar refractivity (Wildman–Crippen MR) is 137 cm³/mol. The molecule has 4 aromatic carbocycles. The van der Waals surface area contributed by atoms with E-state index in [4.69, 9.17) is 4.74 Å². The minimum atomic E-state index is -0.987. The third-order valence-electron chi connectivity index (χ3n) is 6.04. The first-order chi connectivity index (χ1) is 17.4. The van der Waals surface area contributed by atoms with Crippen LogP contribution in [0.4, 0.5) is 17.6 Å². The molecule has 0 saturated carbocycles. The van der Waals surface area contributed by atoms with E-state index in [1.54, 1.807) is 55.5 Å². The van der Waals surface area contributed by atoms with E-state index < -0.39 is 23.3 Å². The van der Waals surface area contributed by atoms with Gasteiger partial charge in [-0.3, -0.25) is 0 Å². The molecule has 0 aliphatic rings. The zero-order valence-electron chi connectivity index (χ0n) is 20.1. The van der Waals surface area contributed by atoms with Gasteiger partial charge in [-0.25, -0.2) is 13.2 Å². The quantitative estimate of drug-likeness (QED) is 0.224. The fourth-order valence-electron chi connectivity index (χ4n) is 4.12. The van der Waals surface area contributed by atoms with Crippen molar-refractivity contribution >= 4 is 6.08 Å². The van der Waals surface area contributed by atoms with Gasteiger partial charge in [-0.2, -0.15) is 4.39 Å². The molecule has 5 heteroatoms. The van der Waals surface area contributed by atoms with Gasteiger partial charge in [-0.1, -0.05) is 78.9 Å². The number of hydrogen-bond donors (Lipinski definition) is 0. The van der Waals surface area contributed by atoms with E-state index in [2.05, 4.69) is 0 Å². The van der Waals surface area contributed by atoms with Crippen molar-refractivity contribution < 1.29 is 22.3 Å². The maximum absolute atomic E-state index is 15.0. The molecule has 0 bridgehead atoms. The molecule has 184 valence electrons. The maximum Gasteiger partial charge on any atom is 0.200 e. The highest BCUT2D eigenvalue weighted by Gasteiger charge is 2.17. The first-order valence-electron chi connectivity index (χ1n) is 11.8. The Bertz CT molecular complexity index is 1370. The van der Waals surface area contributed by atoms with Gasteiger partial charge in [0, 0.05) is 11.1 Å². The topological polar surface area (TPSA) is 9.23 Å². The van der Waals surface area contributed by atoms with Gasteiger partial charge >= 0.3 is 0 Å². The lowest BCUT2D eigenvalue weighted by Crippen LogP contribution is -2.02. The van der Waals surface area contributed by atoms with Crippen molar-refractivity contribution in [2.45, 2.75) is 26.7 Å². The first kappa shape index (κ1) is 25.2. The minimum Gasteiger partial charge on any atom is -0.491 e. The highest BCUT2D eigenvalue weighted by Crippen LogP contribution is 2.32. The Kier molecular flexibility index (Phi) is 7.89. The van der Waals surface area contributed by atoms with Crippen LogP contribution in [-0.2, 0) is 12.8 Å². The molecule has 0 heterocycles. The van der Waals surface area contributed by atoms with Crippen LogP contribution in [0.5, 0.6) is 5.75 Å². The Morgan fingerprint density at radius 1 is 0.639 bits per heavy atom. The van der Waals surface area contributed by atoms with Crippen LogP contribution < -0.4 is 4.74 Å². The van der Waals surface area contributed by atoms with E-state index in [1.165, 1.54) is 12.1 Å². The molecule has 0 spiro atoms. The third-order valence-corrected chi connectivity index (χ3v) is 6.04. The Morgan fingerprint density at radius 3 is 1.78 bits per heavy atom. The Morgan fingerprint density at radius 2 is 1.22 bits per heavy atom. The van der Waals surface area contributed by atoms with E-state index in [9.17, 15) is 17.6 Å². The molecule has 0 aromatic heterocycles. The molecule has 0 fully saturated rings. The third kappa shape index (κ3) is 5.35. The van der Waals surface area contributed by atoms with Crippen LogP contribution in [0.3, 0.4) is 0 Å². The summed E-state index contributed by atoms with van der Waals surface area (Å²) in [6.45, 7) is 3.86. The molecule has 0 amide bonds. The van der Waals surface area contributed by atoms with Crippen LogP contribution in [0.1, 0.15) is 30.5 Å². The van der Waals surface area contributed by atoms with Crippen LogP contribution in [0.2, 0.25) is 0 Å². The number of aryl methyl sites for hydroxylation is 2. The van der Waals surface area contributed by atoms with Crippen molar-refractivity contribution in [3.8, 4) is 28.0 Å². The molecule has 4 rings (SSSR count). The van der Waals surface area contributed by atoms with E-state index in [0.29, 0.717) is 24.0 Å². The number of ether oxygens (including phenoxy) is 1. The van der Waals surface area contributed by atoms with Gasteiger partial charge in [0.05, 0.1) is 6.61 Å². The van der Waals surface area contributed by atoms with Crippen LogP contribution in [0.15, 0.2) is 78.9 Å². The zero-order chi connectivity index (χ0) is 25.7. The number of benzene rings is 4. The van der Waals surface area contributed by atoms with Crippen molar-refractivity contribution in [2.75, 3.05) is 6.61 Å². The average Bonchev–Trinajstić information content (AvgIpc) is 2.89. The smallest absolute Gasteiger partial charge is 0.200 e. The highest BCUT2D eigenvalue weighted by atomic mass is 19.2. The van der Waals surface area contributed by atoms with Crippen LogP contribution in [0, 0.1) is 23.3 Å². The van der Waals surface area contributed by atoms with Gasteiger partial charge in [0.15, 0.2) is 23.2 Å². The fourth-order valence-corrected chi connectivity index (χ4v) is 4.12. The van der Waals surface area contributed by atoms with Crippen LogP contribution in [-0.4, -0.2) is 6.61 Å². The second kappa shape index (κ2) is 11.3. The fraction of sp³-hybridized carbons (Fsp3) is 0.161. The summed E-state index contributed by atoms with van der Waals surface area (Å²) in [6, 6.07) is 20.3. The summed E-state index contributed by atoms with van der Waals surface area (Å²) in [6.07, 6.45) is 4.59. The van der Waals surface area contributed by atoms with Crippen LogP contribution in [0.25, 0.3) is 28.3 Å². The number of allylic oxidation sites excluding steroid dienone is 1. The molecule has 0 radical (unpaired) electrons. The van der Waals surface area contributed by atoms with Crippen LogP contribution >= 0.6 is 0 Å². The highest BCUT2D eigenvalue weighted by molar-refractivity contribution is 5.72. The second-order valence-corrected chi connectivity index (χ2v) is 8.39. The van der Waals surface area contributed by atoms with Gasteiger partial charge in [0.1, 0.15) is 0 Å². The predicted octanol–water partition coefficient (Wildman–Crippen LogP) is 8.79. The van der Waals surface area contributed by atoms with Gasteiger partial charge in [0.25, 0.3) is 0 Å². The maximum atomic E-state index is 15.0. The van der Waals surface area contributed by atoms with E-state index in [1.807, 2.05) is 31.2 Å². The minimum absolute atomic E-state index is 0.103. The van der Waals surface area contributed by atoms with Gasteiger partial charge in [0.2, 0.25) is 5.82 Å². The van der Waals surface area contributed by atoms with Gasteiger partial charge < -0.3 is 4.74 Å². The number of hydrogen-bond acceptors (Lipinski definition) is 1. The van der Waals surface area contributed by atoms with Gasteiger partial charge in [-0.15, -0.1) is 0 Å². The lowest BCUT2D eigenvalue weighted by molar-refractivity contribution is 0.313. The Labute approximate surface area is 208 Å². The normalized spacial score (nSPS) is 11.3. The molecular formula is C31H26F4O.